The normalized spacial score (nSPS) is 13.9. The Hall–Kier alpha value is -2.97. The van der Waals surface area contributed by atoms with Crippen molar-refractivity contribution in [1.82, 2.24) is 15.1 Å². The number of hydrogen-bond acceptors (Lipinski definition) is 5. The molecule has 2 amide bonds. The number of amides is 2. The Kier molecular flexibility index (Phi) is 9.21. The largest absolute Gasteiger partial charge is 0.493 e. The Balaban J connectivity index is 1.58. The highest BCUT2D eigenvalue weighted by Gasteiger charge is 2.20. The summed E-state index contributed by atoms with van der Waals surface area (Å²) in [5.74, 6) is 0.188. The average molecular weight is 469 g/mol. The fraction of sp³-hybridized carbons (Fsp3) is 0.400. The van der Waals surface area contributed by atoms with E-state index in [-0.39, 0.29) is 16.9 Å². The maximum atomic E-state index is 12.8. The van der Waals surface area contributed by atoms with Crippen LogP contribution in [0.2, 0.25) is 0 Å². The lowest BCUT2D eigenvalue weighted by molar-refractivity contribution is 0.0664. The van der Waals surface area contributed by atoms with Gasteiger partial charge in [-0.3, -0.25) is 14.9 Å². The highest BCUT2D eigenvalue weighted by Crippen LogP contribution is 2.19. The quantitative estimate of drug-likeness (QED) is 0.454. The molecule has 1 saturated heterocycles. The van der Waals surface area contributed by atoms with Gasteiger partial charge in [-0.05, 0) is 56.0 Å². The first kappa shape index (κ1) is 24.7. The minimum Gasteiger partial charge on any atom is -0.493 e. The van der Waals surface area contributed by atoms with Gasteiger partial charge in [-0.25, -0.2) is 0 Å². The number of carbonyl (C=O) groups excluding carboxylic acids is 2. The number of nitrogens with one attached hydrogen (secondary N) is 2. The van der Waals surface area contributed by atoms with Crippen molar-refractivity contribution in [2.24, 2.45) is 0 Å². The molecular formula is C25H32N4O3S. The van der Waals surface area contributed by atoms with Crippen LogP contribution in [-0.4, -0.2) is 66.6 Å². The third-order valence-corrected chi connectivity index (χ3v) is 5.73. The minimum atomic E-state index is -0.344. The van der Waals surface area contributed by atoms with Crippen molar-refractivity contribution in [1.29, 1.82) is 0 Å². The molecule has 0 unspecified atom stereocenters. The van der Waals surface area contributed by atoms with E-state index < -0.39 is 0 Å². The molecule has 1 heterocycles. The zero-order chi connectivity index (χ0) is 23.6. The van der Waals surface area contributed by atoms with Crippen molar-refractivity contribution in [2.75, 3.05) is 45.2 Å². The lowest BCUT2D eigenvalue weighted by Crippen LogP contribution is -2.47. The Morgan fingerprint density at radius 1 is 1.03 bits per heavy atom. The molecule has 0 saturated carbocycles. The monoisotopic (exact) mass is 468 g/mol. The molecular weight excluding hydrogens is 436 g/mol. The van der Waals surface area contributed by atoms with E-state index in [4.69, 9.17) is 17.0 Å². The van der Waals surface area contributed by atoms with Gasteiger partial charge in [0.25, 0.3) is 11.8 Å². The number of rotatable bonds is 8. The van der Waals surface area contributed by atoms with Crippen molar-refractivity contribution in [3.8, 4) is 5.75 Å². The average Bonchev–Trinajstić information content (AvgIpc) is 2.82. The summed E-state index contributed by atoms with van der Waals surface area (Å²) in [6, 6.07) is 14.3. The maximum absolute atomic E-state index is 12.8. The Morgan fingerprint density at radius 3 is 2.55 bits per heavy atom. The zero-order valence-corrected chi connectivity index (χ0v) is 20.1. The summed E-state index contributed by atoms with van der Waals surface area (Å²) in [6.07, 6.45) is 3.13. The molecule has 8 heteroatoms. The maximum Gasteiger partial charge on any atom is 0.261 e. The highest BCUT2D eigenvalue weighted by atomic mass is 32.1. The fourth-order valence-corrected chi connectivity index (χ4v) is 3.78. The fourth-order valence-electron chi connectivity index (χ4n) is 3.57. The molecule has 1 aliphatic rings. The van der Waals surface area contributed by atoms with Crippen LogP contribution in [0.4, 0.5) is 5.69 Å². The predicted octanol–water partition coefficient (Wildman–Crippen LogP) is 3.77. The van der Waals surface area contributed by atoms with Crippen molar-refractivity contribution >= 4 is 34.8 Å². The van der Waals surface area contributed by atoms with Gasteiger partial charge in [0, 0.05) is 37.4 Å². The van der Waals surface area contributed by atoms with E-state index in [1.54, 1.807) is 36.4 Å². The van der Waals surface area contributed by atoms with Crippen LogP contribution in [-0.2, 0) is 0 Å². The lowest BCUT2D eigenvalue weighted by atomic mass is 10.1. The van der Waals surface area contributed by atoms with Gasteiger partial charge in [0.1, 0.15) is 5.75 Å². The number of ether oxygens (including phenoxy) is 1. The number of thiocarbonyl (C=S) groups is 1. The molecule has 3 rings (SSSR count). The van der Waals surface area contributed by atoms with Crippen LogP contribution in [0.15, 0.2) is 48.5 Å². The Labute approximate surface area is 201 Å². The van der Waals surface area contributed by atoms with Gasteiger partial charge in [-0.1, -0.05) is 38.0 Å². The molecule has 2 aromatic rings. The van der Waals surface area contributed by atoms with E-state index in [2.05, 4.69) is 29.5 Å². The van der Waals surface area contributed by atoms with Gasteiger partial charge in [-0.15, -0.1) is 0 Å². The second kappa shape index (κ2) is 12.3. The van der Waals surface area contributed by atoms with Gasteiger partial charge < -0.3 is 19.9 Å². The summed E-state index contributed by atoms with van der Waals surface area (Å²) < 4.78 is 5.80. The third-order valence-electron chi connectivity index (χ3n) is 5.52. The van der Waals surface area contributed by atoms with Crippen LogP contribution >= 0.6 is 12.2 Å². The van der Waals surface area contributed by atoms with Crippen molar-refractivity contribution in [3.63, 3.8) is 0 Å². The molecule has 0 atom stereocenters. The third kappa shape index (κ3) is 7.27. The first-order valence-corrected chi connectivity index (χ1v) is 11.8. The predicted molar refractivity (Wildman–Crippen MR) is 135 cm³/mol. The molecule has 0 radical (unpaired) electrons. The smallest absolute Gasteiger partial charge is 0.261 e. The molecule has 7 nitrogen and oxygen atoms in total. The Morgan fingerprint density at radius 2 is 1.79 bits per heavy atom. The van der Waals surface area contributed by atoms with E-state index in [1.807, 2.05) is 17.0 Å². The molecule has 0 bridgehead atoms. The number of nitrogens with zero attached hydrogens (tertiary/aromatic N) is 2. The standard InChI is InChI=1S/C25H32N4O3S/c1-3-4-7-17-32-22-12-6-5-11-21(22)23(30)27-25(33)26-20-10-8-9-19(18-20)24(31)29-15-13-28(2)14-16-29/h5-6,8-12,18H,3-4,7,13-17H2,1-2H3,(H2,26,27,30,33). The second-order valence-corrected chi connectivity index (χ2v) is 8.54. The molecule has 0 aliphatic carbocycles. The summed E-state index contributed by atoms with van der Waals surface area (Å²) in [5, 5.41) is 5.87. The highest BCUT2D eigenvalue weighted by molar-refractivity contribution is 7.80. The summed E-state index contributed by atoms with van der Waals surface area (Å²) in [5.41, 5.74) is 1.66. The number of unbranched alkanes of at least 4 members (excludes halogenated alkanes) is 2. The van der Waals surface area contributed by atoms with Gasteiger partial charge in [0.05, 0.1) is 12.2 Å². The molecule has 2 N–H and O–H groups in total. The van der Waals surface area contributed by atoms with Gasteiger partial charge in [0.15, 0.2) is 5.11 Å². The Bertz CT molecular complexity index is 974. The van der Waals surface area contributed by atoms with Crippen LogP contribution < -0.4 is 15.4 Å². The number of piperazine rings is 1. The summed E-state index contributed by atoms with van der Waals surface area (Å²) >= 11 is 5.34. The summed E-state index contributed by atoms with van der Waals surface area (Å²) in [4.78, 5) is 29.7. The molecule has 0 spiro atoms. The topological polar surface area (TPSA) is 73.9 Å². The van der Waals surface area contributed by atoms with E-state index in [0.29, 0.717) is 42.3 Å². The molecule has 0 aromatic heterocycles. The summed E-state index contributed by atoms with van der Waals surface area (Å²) in [6.45, 7) is 5.85. The molecule has 1 fully saturated rings. The van der Waals surface area contributed by atoms with Gasteiger partial charge in [0.2, 0.25) is 0 Å². The zero-order valence-electron chi connectivity index (χ0n) is 19.3. The number of para-hydroxylation sites is 1. The number of carbonyl (C=O) groups is 2. The van der Waals surface area contributed by atoms with Crippen LogP contribution in [0, 0.1) is 0 Å². The van der Waals surface area contributed by atoms with Crippen LogP contribution in [0.3, 0.4) is 0 Å². The minimum absolute atomic E-state index is 0.00384. The lowest BCUT2D eigenvalue weighted by Gasteiger charge is -2.32. The molecule has 1 aliphatic heterocycles. The van der Waals surface area contributed by atoms with Crippen molar-refractivity contribution in [2.45, 2.75) is 26.2 Å². The molecule has 2 aromatic carbocycles. The number of benzene rings is 2. The van der Waals surface area contributed by atoms with E-state index >= 15 is 0 Å². The summed E-state index contributed by atoms with van der Waals surface area (Å²) in [7, 11) is 2.05. The van der Waals surface area contributed by atoms with Crippen LogP contribution in [0.25, 0.3) is 0 Å². The number of likely N-dealkylation sites (N-methyl/N-ethyl adjacent to an activating group) is 1. The van der Waals surface area contributed by atoms with Gasteiger partial charge in [-0.2, -0.15) is 0 Å². The van der Waals surface area contributed by atoms with Crippen LogP contribution in [0.5, 0.6) is 5.75 Å². The molecule has 176 valence electrons. The van der Waals surface area contributed by atoms with E-state index in [9.17, 15) is 9.59 Å². The van der Waals surface area contributed by atoms with Gasteiger partial charge >= 0.3 is 0 Å². The van der Waals surface area contributed by atoms with Crippen molar-refractivity contribution in [3.05, 3.63) is 59.7 Å². The number of hydrogen-bond donors (Lipinski definition) is 2. The molecule has 33 heavy (non-hydrogen) atoms. The first-order valence-electron chi connectivity index (χ1n) is 11.4. The van der Waals surface area contributed by atoms with Crippen LogP contribution in [0.1, 0.15) is 46.9 Å². The van der Waals surface area contributed by atoms with Crippen molar-refractivity contribution < 1.29 is 14.3 Å². The second-order valence-electron chi connectivity index (χ2n) is 8.14. The first-order chi connectivity index (χ1) is 16.0. The SMILES string of the molecule is CCCCCOc1ccccc1C(=O)NC(=S)Nc1cccc(C(=O)N2CCN(C)CC2)c1. The number of anilines is 1. The van der Waals surface area contributed by atoms with E-state index in [0.717, 1.165) is 32.4 Å². The van der Waals surface area contributed by atoms with E-state index in [1.165, 1.54) is 0 Å².